The Morgan fingerprint density at radius 3 is 1.45 bits per heavy atom. The molecule has 0 bridgehead atoms. The van der Waals surface area contributed by atoms with Gasteiger partial charge in [-0.1, -0.05) is 18.1 Å². The minimum absolute atomic E-state index is 0.0608. The van der Waals surface area contributed by atoms with E-state index in [1.165, 1.54) is 155 Å². The zero-order valence-electron chi connectivity index (χ0n) is 52.8. The minimum Gasteiger partial charge on any atom is -0.497 e. The van der Waals surface area contributed by atoms with E-state index < -0.39 is 47.0 Å². The molecule has 0 spiro atoms. The number of alkyl halides is 3. The summed E-state index contributed by atoms with van der Waals surface area (Å²) >= 11 is 0. The van der Waals surface area contributed by atoms with Crippen molar-refractivity contribution >= 4 is 46.4 Å². The van der Waals surface area contributed by atoms with Gasteiger partial charge in [0.1, 0.15) is 82.8 Å². The van der Waals surface area contributed by atoms with Crippen LogP contribution in [-0.4, -0.2) is 85.6 Å². The molecule has 0 unspecified atom stereocenters. The Morgan fingerprint density at radius 1 is 0.490 bits per heavy atom. The number of aromatic amines is 1. The molecule has 0 fully saturated rings. The highest BCUT2D eigenvalue weighted by atomic mass is 19.4. The lowest BCUT2D eigenvalue weighted by molar-refractivity contribution is -0.137. The summed E-state index contributed by atoms with van der Waals surface area (Å²) in [6, 6.07) is 34.1. The number of carbonyl (C=O) groups excluding carboxylic acids is 4. The Kier molecular flexibility index (Phi) is 24.4. The van der Waals surface area contributed by atoms with Gasteiger partial charge in [0, 0.05) is 107 Å². The van der Waals surface area contributed by atoms with Crippen LogP contribution >= 0.6 is 0 Å². The molecule has 7 heterocycles. The Balaban J connectivity index is 0.000000158. The second-order valence-electron chi connectivity index (χ2n) is 20.4. The SMILES string of the molecule is C#Cc1cccc(C(=O)Nc2cc(Oc3cncnc3)cc(C(F)(F)F)c2)c1.COc1ccnc(C(=O)Nc2cc(C#N)cc(Oc3cncnc3)c2)c1.Cc1cccc(C(=O)Nc2cc(F)cc(Oc3cncnc3)c2)n1.O=C(Nc1cc(F)cc(Oc2cncnc2)c1)c1cc(=O)cc[nH]1. The third-order valence-electron chi connectivity index (χ3n) is 12.8. The molecule has 31 heteroatoms. The molecule has 102 heavy (non-hydrogen) atoms. The van der Waals surface area contributed by atoms with Gasteiger partial charge in [-0.3, -0.25) is 29.0 Å². The number of pyridine rings is 3. The van der Waals surface area contributed by atoms with Crippen molar-refractivity contribution in [3.8, 4) is 70.2 Å². The van der Waals surface area contributed by atoms with E-state index >= 15 is 0 Å². The summed E-state index contributed by atoms with van der Waals surface area (Å²) < 4.78 is 94.2. The summed E-state index contributed by atoms with van der Waals surface area (Å²) in [7, 11) is 1.50. The number of anilines is 4. The quantitative estimate of drug-likeness (QED) is 0.0417. The summed E-state index contributed by atoms with van der Waals surface area (Å²) in [4.78, 5) is 101. The highest BCUT2D eigenvalue weighted by molar-refractivity contribution is 6.05. The van der Waals surface area contributed by atoms with Crippen LogP contribution in [0.1, 0.15) is 64.2 Å². The van der Waals surface area contributed by atoms with E-state index in [1.807, 2.05) is 6.07 Å². The second-order valence-corrected chi connectivity index (χ2v) is 20.4. The molecule has 7 aromatic heterocycles. The summed E-state index contributed by atoms with van der Waals surface area (Å²) in [5.41, 5.74) is 1.69. The summed E-state index contributed by atoms with van der Waals surface area (Å²) in [6.07, 6.45) is 20.2. The van der Waals surface area contributed by atoms with Gasteiger partial charge >= 0.3 is 6.18 Å². The number of terminal acetylenes is 1. The number of nitrogens with zero attached hydrogens (tertiary/aromatic N) is 11. The van der Waals surface area contributed by atoms with Crippen LogP contribution in [0, 0.1) is 42.2 Å². The van der Waals surface area contributed by atoms with E-state index in [0.29, 0.717) is 45.6 Å². The third kappa shape index (κ3) is 22.2. The van der Waals surface area contributed by atoms with Crippen LogP contribution in [0.4, 0.5) is 44.7 Å². The largest absolute Gasteiger partial charge is 0.497 e. The number of aromatic nitrogens is 11. The molecule has 0 radical (unpaired) electrons. The summed E-state index contributed by atoms with van der Waals surface area (Å²) in [5, 5.41) is 19.4. The number of carbonyl (C=O) groups is 4. The van der Waals surface area contributed by atoms with Crippen molar-refractivity contribution in [2.75, 3.05) is 28.4 Å². The van der Waals surface area contributed by atoms with E-state index in [0.717, 1.165) is 36.0 Å². The molecule has 5 N–H and O–H groups in total. The zero-order chi connectivity index (χ0) is 72.4. The molecule has 0 aliphatic carbocycles. The van der Waals surface area contributed by atoms with Crippen molar-refractivity contribution in [1.82, 2.24) is 54.8 Å². The smallest absolute Gasteiger partial charge is 0.416 e. The average Bonchev–Trinajstić information content (AvgIpc) is 0.829. The molecule has 0 saturated heterocycles. The van der Waals surface area contributed by atoms with Crippen molar-refractivity contribution in [3.63, 3.8) is 0 Å². The van der Waals surface area contributed by atoms with Crippen LogP contribution in [-0.2, 0) is 6.18 Å². The summed E-state index contributed by atoms with van der Waals surface area (Å²) in [5.74, 6) is 1.60. The topological polar surface area (TPSA) is 348 Å². The highest BCUT2D eigenvalue weighted by Gasteiger charge is 2.32. The molecule has 0 aliphatic heterocycles. The fourth-order valence-corrected chi connectivity index (χ4v) is 8.42. The van der Waals surface area contributed by atoms with Gasteiger partial charge in [0.15, 0.2) is 28.4 Å². The Morgan fingerprint density at radius 2 is 0.961 bits per heavy atom. The first-order valence-electron chi connectivity index (χ1n) is 29.3. The molecule has 4 amide bonds. The van der Waals surface area contributed by atoms with Crippen LogP contribution in [0.3, 0.4) is 0 Å². The molecule has 12 rings (SSSR count). The Hall–Kier alpha value is -14.8. The van der Waals surface area contributed by atoms with Gasteiger partial charge in [0.2, 0.25) is 0 Å². The van der Waals surface area contributed by atoms with E-state index in [9.17, 15) is 51.2 Å². The van der Waals surface area contributed by atoms with Crippen molar-refractivity contribution in [2.24, 2.45) is 0 Å². The number of aryl methyl sites for hydroxylation is 1. The molecule has 5 aromatic carbocycles. The molecule has 0 aliphatic rings. The number of hydrogen-bond acceptors (Lipinski definition) is 21. The number of H-pyrrole nitrogens is 1. The van der Waals surface area contributed by atoms with Gasteiger partial charge in [-0.2, -0.15) is 18.4 Å². The summed E-state index contributed by atoms with van der Waals surface area (Å²) in [6.45, 7) is 1.78. The first kappa shape index (κ1) is 71.5. The van der Waals surface area contributed by atoms with Gasteiger partial charge in [0.05, 0.1) is 73.9 Å². The van der Waals surface area contributed by atoms with Crippen LogP contribution in [0.2, 0.25) is 0 Å². The Bertz CT molecular complexity index is 5080. The highest BCUT2D eigenvalue weighted by Crippen LogP contribution is 2.36. The number of amides is 4. The zero-order valence-corrected chi connectivity index (χ0v) is 52.8. The number of ether oxygens (including phenoxy) is 5. The van der Waals surface area contributed by atoms with Crippen LogP contribution in [0.25, 0.3) is 0 Å². The average molecular weight is 1380 g/mol. The number of nitriles is 1. The molecular weight excluding hydrogens is 1330 g/mol. The van der Waals surface area contributed by atoms with E-state index in [-0.39, 0.29) is 68.1 Å². The van der Waals surface area contributed by atoms with E-state index in [1.54, 1.807) is 55.5 Å². The van der Waals surface area contributed by atoms with Gasteiger partial charge in [-0.05, 0) is 79.7 Å². The predicted octanol–water partition coefficient (Wildman–Crippen LogP) is 13.0. The molecule has 0 saturated carbocycles. The van der Waals surface area contributed by atoms with Gasteiger partial charge in [-0.15, -0.1) is 6.42 Å². The molecule has 12 aromatic rings. The fourth-order valence-electron chi connectivity index (χ4n) is 8.42. The molecule has 508 valence electrons. The lowest BCUT2D eigenvalue weighted by Gasteiger charge is -2.13. The van der Waals surface area contributed by atoms with Gasteiger partial charge < -0.3 is 49.9 Å². The second kappa shape index (κ2) is 34.8. The maximum atomic E-state index is 13.8. The van der Waals surface area contributed by atoms with E-state index in [2.05, 4.69) is 82.0 Å². The molecule has 0 atom stereocenters. The number of benzene rings is 5. The van der Waals surface area contributed by atoms with Gasteiger partial charge in [0.25, 0.3) is 23.6 Å². The lowest BCUT2D eigenvalue weighted by Crippen LogP contribution is -2.16. The first-order chi connectivity index (χ1) is 49.2. The Labute approximate surface area is 574 Å². The van der Waals surface area contributed by atoms with Crippen LogP contribution in [0.15, 0.2) is 232 Å². The standard InChI is InChI=1S/C20H12F3N3O2.C18H13N5O3.C17H13FN4O2.C16H11FN4O3/c1-2-13-4-3-5-14(6-13)19(27)26-16-7-15(20(21,22)23)8-17(9-16)28-18-10-24-12-25-11-18;1-25-14-2-3-22-17(7-14)18(24)23-13-4-12(8-19)5-15(6-13)26-16-9-20-11-21-10-16;1-11-3-2-4-16(21-11)17(23)22-13-5-12(18)6-14(7-13)24-15-8-19-10-20-9-15;17-10-3-11(21-16(23)15-6-12(22)1-2-20-15)5-13(4-10)24-14-7-18-9-19-8-14/h1,3-12H,(H,26,27);2-7,9-11H,1H3,(H,23,24);2-10H,1H3,(H,22,23);1-9H,(H,20,22)(H,21,23). The molecule has 26 nitrogen and oxygen atoms in total. The fraction of sp³-hybridized carbons (Fsp3) is 0.0423. The van der Waals surface area contributed by atoms with Crippen LogP contribution < -0.4 is 50.4 Å². The van der Waals surface area contributed by atoms with Crippen molar-refractivity contribution in [3.05, 3.63) is 294 Å². The number of rotatable bonds is 17. The van der Waals surface area contributed by atoms with E-state index in [4.69, 9.17) is 30.1 Å². The monoisotopic (exact) mass is 1380 g/mol. The van der Waals surface area contributed by atoms with Crippen molar-refractivity contribution in [2.45, 2.75) is 13.1 Å². The first-order valence-corrected chi connectivity index (χ1v) is 29.3. The number of hydrogen-bond donors (Lipinski definition) is 5. The lowest BCUT2D eigenvalue weighted by atomic mass is 10.1. The van der Waals surface area contributed by atoms with Crippen LogP contribution in [0.5, 0.6) is 51.7 Å². The number of methoxy groups -OCH3 is 1. The predicted molar refractivity (Wildman–Crippen MR) is 357 cm³/mol. The minimum atomic E-state index is -4.63. The number of nitrogens with one attached hydrogen (secondary N) is 5. The number of halogens is 5. The third-order valence-corrected chi connectivity index (χ3v) is 12.8. The maximum Gasteiger partial charge on any atom is 0.416 e. The maximum absolute atomic E-state index is 13.8. The van der Waals surface area contributed by atoms with Gasteiger partial charge in [-0.25, -0.2) is 53.6 Å². The normalized spacial score (nSPS) is 10.3. The molecular formula is C71H49F5N16O10. The van der Waals surface area contributed by atoms with Crippen molar-refractivity contribution in [1.29, 1.82) is 5.26 Å². The van der Waals surface area contributed by atoms with Crippen molar-refractivity contribution < 1.29 is 64.8 Å².